The number of benzene rings is 2. The number of aryl methyl sites for hydroxylation is 1. The summed E-state index contributed by atoms with van der Waals surface area (Å²) in [5.41, 5.74) is 8.05. The first-order chi connectivity index (χ1) is 16.9. The average Bonchev–Trinajstić information content (AvgIpc) is 2.86. The largest absolute Gasteiger partial charge is 0.378 e. The number of aromatic nitrogens is 4. The fourth-order valence-corrected chi connectivity index (χ4v) is 4.38. The molecule has 1 aliphatic rings. The number of hydrogen-bond acceptors (Lipinski definition) is 7. The molecule has 0 aliphatic carbocycles. The summed E-state index contributed by atoms with van der Waals surface area (Å²) in [7, 11) is 0. The smallest absolute Gasteiger partial charge is 0.231 e. The first kappa shape index (κ1) is 22.7. The monoisotopic (exact) mass is 476 g/mol. The fourth-order valence-electron chi connectivity index (χ4n) is 4.38. The van der Waals surface area contributed by atoms with Gasteiger partial charge in [-0.15, -0.1) is 0 Å². The van der Waals surface area contributed by atoms with E-state index in [1.807, 2.05) is 18.2 Å². The van der Waals surface area contributed by atoms with Gasteiger partial charge in [0, 0.05) is 53.8 Å². The van der Waals surface area contributed by atoms with Crippen LogP contribution >= 0.6 is 0 Å². The van der Waals surface area contributed by atoms with Crippen LogP contribution in [0.4, 0.5) is 14.5 Å². The van der Waals surface area contributed by atoms with Crippen LogP contribution in [0.1, 0.15) is 22.9 Å². The van der Waals surface area contributed by atoms with Gasteiger partial charge in [0.15, 0.2) is 0 Å². The van der Waals surface area contributed by atoms with Crippen molar-refractivity contribution in [3.05, 3.63) is 77.6 Å². The topological polar surface area (TPSA) is 107 Å². The Morgan fingerprint density at radius 1 is 1.03 bits per heavy atom. The van der Waals surface area contributed by atoms with Crippen LogP contribution in [0.15, 0.2) is 49.1 Å². The molecule has 3 heterocycles. The number of primary amides is 1. The molecule has 8 nitrogen and oxygen atoms in total. The number of halogens is 2. The molecule has 5 rings (SSSR count). The molecule has 2 aromatic carbocycles. The van der Waals surface area contributed by atoms with Crippen LogP contribution in [0.2, 0.25) is 0 Å². The maximum Gasteiger partial charge on any atom is 0.231 e. The Morgan fingerprint density at radius 3 is 2.54 bits per heavy atom. The highest BCUT2D eigenvalue weighted by molar-refractivity contribution is 5.94. The minimum atomic E-state index is -1.25. The normalized spacial score (nSPS) is 14.8. The van der Waals surface area contributed by atoms with Gasteiger partial charge >= 0.3 is 0 Å². The van der Waals surface area contributed by atoms with E-state index in [-0.39, 0.29) is 22.5 Å². The molecule has 1 saturated heterocycles. The third kappa shape index (κ3) is 4.28. The van der Waals surface area contributed by atoms with E-state index >= 15 is 8.78 Å². The van der Waals surface area contributed by atoms with E-state index in [1.165, 1.54) is 24.8 Å². The van der Waals surface area contributed by atoms with E-state index in [9.17, 15) is 4.79 Å². The Hall–Kier alpha value is -4.05. The van der Waals surface area contributed by atoms with Crippen LogP contribution in [-0.2, 0) is 9.53 Å². The van der Waals surface area contributed by atoms with Gasteiger partial charge in [-0.25, -0.2) is 18.7 Å². The zero-order valence-corrected chi connectivity index (χ0v) is 18.9. The molecule has 0 saturated carbocycles. The van der Waals surface area contributed by atoms with Crippen molar-refractivity contribution in [2.45, 2.75) is 12.8 Å². The molecule has 178 valence electrons. The van der Waals surface area contributed by atoms with E-state index in [4.69, 9.17) is 10.5 Å². The minimum Gasteiger partial charge on any atom is -0.378 e. The molecule has 1 atom stereocenters. The van der Waals surface area contributed by atoms with Crippen LogP contribution in [0, 0.1) is 18.6 Å². The molecule has 2 aromatic heterocycles. The first-order valence-electron chi connectivity index (χ1n) is 11.1. The van der Waals surface area contributed by atoms with Crippen LogP contribution in [0.3, 0.4) is 0 Å². The molecule has 35 heavy (non-hydrogen) atoms. The van der Waals surface area contributed by atoms with Gasteiger partial charge in [-0.3, -0.25) is 14.8 Å². The SMILES string of the molecule is Cc1nccnc1C(C(N)=O)c1cc(-c2ncnc3cc(N4CCOCC4)ccc23)c(F)cc1F. The van der Waals surface area contributed by atoms with Crippen molar-refractivity contribution < 1.29 is 18.3 Å². The second kappa shape index (κ2) is 9.30. The number of fused-ring (bicyclic) bond motifs is 1. The third-order valence-electron chi connectivity index (χ3n) is 6.13. The van der Waals surface area contributed by atoms with Crippen LogP contribution < -0.4 is 10.6 Å². The van der Waals surface area contributed by atoms with E-state index in [1.54, 1.807) is 6.92 Å². The van der Waals surface area contributed by atoms with E-state index in [2.05, 4.69) is 24.8 Å². The van der Waals surface area contributed by atoms with Gasteiger partial charge in [0.05, 0.1) is 35.8 Å². The highest BCUT2D eigenvalue weighted by atomic mass is 19.1. The summed E-state index contributed by atoms with van der Waals surface area (Å²) >= 11 is 0. The molecule has 0 spiro atoms. The number of morpholine rings is 1. The number of nitrogens with zero attached hydrogens (tertiary/aromatic N) is 5. The van der Waals surface area contributed by atoms with Crippen molar-refractivity contribution in [3.63, 3.8) is 0 Å². The number of ether oxygens (including phenoxy) is 1. The number of nitrogens with two attached hydrogens (primary N) is 1. The second-order valence-corrected chi connectivity index (χ2v) is 8.24. The number of carbonyl (C=O) groups is 1. The lowest BCUT2D eigenvalue weighted by molar-refractivity contribution is -0.118. The third-order valence-corrected chi connectivity index (χ3v) is 6.13. The number of amides is 1. The molecular weight excluding hydrogens is 454 g/mol. The molecule has 1 aliphatic heterocycles. The Balaban J connectivity index is 1.63. The van der Waals surface area contributed by atoms with Crippen molar-refractivity contribution in [3.8, 4) is 11.3 Å². The van der Waals surface area contributed by atoms with Gasteiger partial charge in [0.25, 0.3) is 0 Å². The lowest BCUT2D eigenvalue weighted by atomic mass is 9.90. The summed E-state index contributed by atoms with van der Waals surface area (Å²) in [6.45, 7) is 4.45. The molecular formula is C25H22F2N6O2. The Bertz CT molecular complexity index is 1420. The maximum absolute atomic E-state index is 15.1. The minimum absolute atomic E-state index is 0.0284. The molecule has 10 heteroatoms. The van der Waals surface area contributed by atoms with E-state index in [0.29, 0.717) is 29.8 Å². The number of rotatable bonds is 5. The van der Waals surface area contributed by atoms with Gasteiger partial charge < -0.3 is 15.4 Å². The van der Waals surface area contributed by atoms with Crippen LogP contribution in [-0.4, -0.2) is 52.1 Å². The van der Waals surface area contributed by atoms with Gasteiger partial charge in [-0.2, -0.15) is 0 Å². The summed E-state index contributed by atoms with van der Waals surface area (Å²) in [4.78, 5) is 31.5. The van der Waals surface area contributed by atoms with Crippen molar-refractivity contribution in [2.75, 3.05) is 31.2 Å². The fraction of sp³-hybridized carbons (Fsp3) is 0.240. The Morgan fingerprint density at radius 2 is 1.80 bits per heavy atom. The van der Waals surface area contributed by atoms with Crippen LogP contribution in [0.25, 0.3) is 22.2 Å². The highest BCUT2D eigenvalue weighted by Gasteiger charge is 2.29. The number of hydrogen-bond donors (Lipinski definition) is 1. The molecule has 4 aromatic rings. The van der Waals surface area contributed by atoms with Gasteiger partial charge in [-0.05, 0) is 31.2 Å². The summed E-state index contributed by atoms with van der Waals surface area (Å²) < 4.78 is 35.5. The molecule has 1 unspecified atom stereocenters. The number of anilines is 1. The van der Waals surface area contributed by atoms with Crippen molar-refractivity contribution in [2.24, 2.45) is 5.73 Å². The summed E-state index contributed by atoms with van der Waals surface area (Å²) in [6.07, 6.45) is 4.19. The quantitative estimate of drug-likeness (QED) is 0.472. The molecule has 0 bridgehead atoms. The van der Waals surface area contributed by atoms with Crippen molar-refractivity contribution in [1.29, 1.82) is 0 Å². The van der Waals surface area contributed by atoms with Gasteiger partial charge in [0.2, 0.25) is 5.91 Å². The zero-order valence-electron chi connectivity index (χ0n) is 18.9. The first-order valence-corrected chi connectivity index (χ1v) is 11.1. The standard InChI is InChI=1S/C25H22F2N6O2/c1-14-23(30-5-4-29-14)22(25(28)34)17-11-18(20(27)12-19(17)26)24-16-3-2-15(10-21(16)31-13-32-24)33-6-8-35-9-7-33/h2-5,10-13,22H,6-9H2,1H3,(H2,28,34). The van der Waals surface area contributed by atoms with E-state index < -0.39 is 23.5 Å². The second-order valence-electron chi connectivity index (χ2n) is 8.24. The zero-order chi connectivity index (χ0) is 24.5. The summed E-state index contributed by atoms with van der Waals surface area (Å²) in [5.74, 6) is -3.80. The number of carbonyl (C=O) groups excluding carboxylic acids is 1. The molecule has 1 fully saturated rings. The Labute approximate surface area is 199 Å². The highest BCUT2D eigenvalue weighted by Crippen LogP contribution is 2.35. The maximum atomic E-state index is 15.1. The van der Waals surface area contributed by atoms with Crippen molar-refractivity contribution >= 4 is 22.5 Å². The average molecular weight is 476 g/mol. The predicted octanol–water partition coefficient (Wildman–Crippen LogP) is 3.13. The molecule has 0 radical (unpaired) electrons. The van der Waals surface area contributed by atoms with Crippen LogP contribution in [0.5, 0.6) is 0 Å². The predicted molar refractivity (Wildman–Crippen MR) is 126 cm³/mol. The molecule has 2 N–H and O–H groups in total. The lowest BCUT2D eigenvalue weighted by Crippen LogP contribution is -2.36. The molecule has 1 amide bonds. The van der Waals surface area contributed by atoms with Gasteiger partial charge in [0.1, 0.15) is 23.9 Å². The van der Waals surface area contributed by atoms with E-state index in [0.717, 1.165) is 24.8 Å². The lowest BCUT2D eigenvalue weighted by Gasteiger charge is -2.29. The summed E-state index contributed by atoms with van der Waals surface area (Å²) in [5, 5.41) is 0.590. The van der Waals surface area contributed by atoms with Crippen molar-refractivity contribution in [1.82, 2.24) is 19.9 Å². The Kier molecular flexibility index (Phi) is 6.04. The van der Waals surface area contributed by atoms with Gasteiger partial charge in [-0.1, -0.05) is 0 Å². The summed E-state index contributed by atoms with van der Waals surface area (Å²) in [6, 6.07) is 7.64.